The first-order chi connectivity index (χ1) is 7.06. The third-order valence-corrected chi connectivity index (χ3v) is 2.27. The summed E-state index contributed by atoms with van der Waals surface area (Å²) in [5, 5.41) is 17.5. The number of hydrogen-bond acceptors (Lipinski definition) is 3. The summed E-state index contributed by atoms with van der Waals surface area (Å²) in [5.74, 6) is -1.05. The van der Waals surface area contributed by atoms with Crippen LogP contribution in [0.5, 0.6) is 0 Å². The number of carboxylic acids is 1. The molecule has 0 aliphatic rings. The van der Waals surface area contributed by atoms with E-state index in [9.17, 15) is 4.79 Å². The Hall–Kier alpha value is -1.86. The Labute approximate surface area is 87.9 Å². The van der Waals surface area contributed by atoms with Crippen molar-refractivity contribution in [3.8, 4) is 6.07 Å². The van der Waals surface area contributed by atoms with Gasteiger partial charge in [-0.3, -0.25) is 4.79 Å². The number of nitrogens with two attached hydrogens (primary N) is 1. The third-order valence-electron chi connectivity index (χ3n) is 2.27. The Bertz CT molecular complexity index is 421. The van der Waals surface area contributed by atoms with Crippen molar-refractivity contribution in [3.63, 3.8) is 0 Å². The molecular formula is C11H12N2O2. The molecule has 0 aliphatic carbocycles. The van der Waals surface area contributed by atoms with Gasteiger partial charge in [0.25, 0.3) is 0 Å². The molecule has 15 heavy (non-hydrogen) atoms. The van der Waals surface area contributed by atoms with E-state index in [2.05, 4.69) is 0 Å². The van der Waals surface area contributed by atoms with Gasteiger partial charge in [0.15, 0.2) is 0 Å². The van der Waals surface area contributed by atoms with Crippen LogP contribution in [0.2, 0.25) is 0 Å². The van der Waals surface area contributed by atoms with Crippen molar-refractivity contribution in [1.29, 1.82) is 5.26 Å². The maximum atomic E-state index is 10.6. The topological polar surface area (TPSA) is 87.1 Å². The molecule has 1 rings (SSSR count). The Morgan fingerprint density at radius 3 is 2.87 bits per heavy atom. The largest absolute Gasteiger partial charge is 0.480 e. The van der Waals surface area contributed by atoms with E-state index in [1.807, 2.05) is 19.1 Å². The number of aryl methyl sites for hydroxylation is 1. The predicted molar refractivity (Wildman–Crippen MR) is 55.2 cm³/mol. The molecule has 0 aromatic heterocycles. The summed E-state index contributed by atoms with van der Waals surface area (Å²) in [4.78, 5) is 10.6. The normalized spacial score (nSPS) is 11.8. The Kier molecular flexibility index (Phi) is 3.42. The van der Waals surface area contributed by atoms with Crippen molar-refractivity contribution in [2.45, 2.75) is 19.4 Å². The van der Waals surface area contributed by atoms with E-state index in [4.69, 9.17) is 16.1 Å². The number of benzene rings is 1. The number of rotatable bonds is 3. The third kappa shape index (κ3) is 2.55. The van der Waals surface area contributed by atoms with Crippen LogP contribution in [-0.2, 0) is 11.2 Å². The van der Waals surface area contributed by atoms with Crippen LogP contribution in [0.25, 0.3) is 0 Å². The van der Waals surface area contributed by atoms with Crippen LogP contribution in [0.15, 0.2) is 18.2 Å². The van der Waals surface area contributed by atoms with Crippen LogP contribution >= 0.6 is 0 Å². The fourth-order valence-corrected chi connectivity index (χ4v) is 1.39. The standard InChI is InChI=1S/C11H12N2O2/c1-7-3-2-4-8(6-12)9(7)5-10(13)11(14)15/h2-4,10H,5,13H2,1H3,(H,14,15)/t10-/m0/s1. The van der Waals surface area contributed by atoms with Crippen LogP contribution < -0.4 is 5.73 Å². The fourth-order valence-electron chi connectivity index (χ4n) is 1.39. The van der Waals surface area contributed by atoms with Gasteiger partial charge in [0.2, 0.25) is 0 Å². The highest BCUT2D eigenvalue weighted by atomic mass is 16.4. The van der Waals surface area contributed by atoms with Gasteiger partial charge in [-0.25, -0.2) is 0 Å². The van der Waals surface area contributed by atoms with E-state index in [-0.39, 0.29) is 6.42 Å². The van der Waals surface area contributed by atoms with Crippen LogP contribution in [0.3, 0.4) is 0 Å². The summed E-state index contributed by atoms with van der Waals surface area (Å²) in [6.07, 6.45) is 0.185. The smallest absolute Gasteiger partial charge is 0.320 e. The Morgan fingerprint density at radius 2 is 2.33 bits per heavy atom. The molecular weight excluding hydrogens is 192 g/mol. The molecule has 0 bridgehead atoms. The van der Waals surface area contributed by atoms with Crippen molar-refractivity contribution < 1.29 is 9.90 Å². The first-order valence-corrected chi connectivity index (χ1v) is 4.53. The van der Waals surface area contributed by atoms with E-state index in [0.717, 1.165) is 11.1 Å². The number of carbonyl (C=O) groups is 1. The van der Waals surface area contributed by atoms with E-state index in [0.29, 0.717) is 5.56 Å². The molecule has 78 valence electrons. The zero-order valence-corrected chi connectivity index (χ0v) is 8.40. The van der Waals surface area contributed by atoms with Crippen molar-refractivity contribution in [3.05, 3.63) is 34.9 Å². The van der Waals surface area contributed by atoms with Gasteiger partial charge in [-0.05, 0) is 30.5 Å². The van der Waals surface area contributed by atoms with Crippen LogP contribution in [0.4, 0.5) is 0 Å². The van der Waals surface area contributed by atoms with Gasteiger partial charge in [-0.1, -0.05) is 12.1 Å². The monoisotopic (exact) mass is 204 g/mol. The maximum Gasteiger partial charge on any atom is 0.320 e. The second-order valence-corrected chi connectivity index (χ2v) is 3.36. The zero-order valence-electron chi connectivity index (χ0n) is 8.40. The number of nitrogens with zero attached hydrogens (tertiary/aromatic N) is 1. The van der Waals surface area contributed by atoms with Crippen LogP contribution in [0.1, 0.15) is 16.7 Å². The highest BCUT2D eigenvalue weighted by Crippen LogP contribution is 2.15. The Balaban J connectivity index is 3.04. The zero-order chi connectivity index (χ0) is 11.4. The van der Waals surface area contributed by atoms with Crippen molar-refractivity contribution in [2.75, 3.05) is 0 Å². The summed E-state index contributed by atoms with van der Waals surface area (Å²) in [7, 11) is 0. The quantitative estimate of drug-likeness (QED) is 0.763. The summed E-state index contributed by atoms with van der Waals surface area (Å²) < 4.78 is 0. The first-order valence-electron chi connectivity index (χ1n) is 4.53. The highest BCUT2D eigenvalue weighted by Gasteiger charge is 2.15. The molecule has 4 heteroatoms. The lowest BCUT2D eigenvalue weighted by Crippen LogP contribution is -2.32. The molecule has 0 aliphatic heterocycles. The van der Waals surface area contributed by atoms with E-state index < -0.39 is 12.0 Å². The summed E-state index contributed by atoms with van der Waals surface area (Å²) in [6.45, 7) is 1.84. The van der Waals surface area contributed by atoms with Crippen molar-refractivity contribution in [1.82, 2.24) is 0 Å². The average Bonchev–Trinajstić information content (AvgIpc) is 2.20. The summed E-state index contributed by atoms with van der Waals surface area (Å²) in [6, 6.07) is 6.34. The fraction of sp³-hybridized carbons (Fsp3) is 0.273. The van der Waals surface area contributed by atoms with E-state index in [1.54, 1.807) is 12.1 Å². The molecule has 0 heterocycles. The van der Waals surface area contributed by atoms with Crippen LogP contribution in [-0.4, -0.2) is 17.1 Å². The minimum absolute atomic E-state index is 0.185. The molecule has 0 saturated carbocycles. The molecule has 1 aromatic carbocycles. The minimum Gasteiger partial charge on any atom is -0.480 e. The number of hydrogen-bond donors (Lipinski definition) is 2. The van der Waals surface area contributed by atoms with Gasteiger partial charge < -0.3 is 10.8 Å². The lowest BCUT2D eigenvalue weighted by molar-refractivity contribution is -0.138. The number of nitriles is 1. The van der Waals surface area contributed by atoms with Crippen molar-refractivity contribution in [2.24, 2.45) is 5.73 Å². The average molecular weight is 204 g/mol. The second-order valence-electron chi connectivity index (χ2n) is 3.36. The van der Waals surface area contributed by atoms with Gasteiger partial charge in [-0.2, -0.15) is 5.26 Å². The SMILES string of the molecule is Cc1cccc(C#N)c1C[C@H](N)C(=O)O. The van der Waals surface area contributed by atoms with Gasteiger partial charge in [0.05, 0.1) is 11.6 Å². The molecule has 3 N–H and O–H groups in total. The molecule has 0 unspecified atom stereocenters. The van der Waals surface area contributed by atoms with Gasteiger partial charge in [0, 0.05) is 0 Å². The number of carboxylic acid groups (broad SMARTS) is 1. The van der Waals surface area contributed by atoms with Crippen molar-refractivity contribution >= 4 is 5.97 Å². The highest BCUT2D eigenvalue weighted by molar-refractivity contribution is 5.73. The maximum absolute atomic E-state index is 10.6. The predicted octanol–water partition coefficient (Wildman–Crippen LogP) is 0.821. The summed E-state index contributed by atoms with van der Waals surface area (Å²) >= 11 is 0. The van der Waals surface area contributed by atoms with E-state index in [1.165, 1.54) is 0 Å². The Morgan fingerprint density at radius 1 is 1.67 bits per heavy atom. The lowest BCUT2D eigenvalue weighted by Gasteiger charge is -2.10. The first kappa shape index (κ1) is 11.2. The minimum atomic E-state index is -1.05. The van der Waals surface area contributed by atoms with E-state index >= 15 is 0 Å². The molecule has 0 amide bonds. The second kappa shape index (κ2) is 4.58. The molecule has 0 saturated heterocycles. The molecule has 0 fully saturated rings. The molecule has 0 spiro atoms. The van der Waals surface area contributed by atoms with Gasteiger partial charge >= 0.3 is 5.97 Å². The molecule has 1 aromatic rings. The molecule has 1 atom stereocenters. The van der Waals surface area contributed by atoms with Gasteiger partial charge in [-0.15, -0.1) is 0 Å². The molecule has 0 radical (unpaired) electrons. The number of aliphatic carboxylic acids is 1. The summed E-state index contributed by atoms with van der Waals surface area (Å²) in [5.41, 5.74) is 7.54. The molecule has 4 nitrogen and oxygen atoms in total. The lowest BCUT2D eigenvalue weighted by atomic mass is 9.96. The van der Waals surface area contributed by atoms with Gasteiger partial charge in [0.1, 0.15) is 6.04 Å². The van der Waals surface area contributed by atoms with Crippen LogP contribution in [0, 0.1) is 18.3 Å².